The first-order valence-electron chi connectivity index (χ1n) is 4.47. The van der Waals surface area contributed by atoms with Gasteiger partial charge in [-0.15, -0.1) is 0 Å². The minimum absolute atomic E-state index is 0.289. The monoisotopic (exact) mass is 255 g/mol. The Morgan fingerprint density at radius 2 is 2.06 bits per heavy atom. The lowest BCUT2D eigenvalue weighted by Gasteiger charge is -2.04. The fraction of sp³-hybridized carbons (Fsp3) is 0. The van der Waals surface area contributed by atoms with Crippen LogP contribution in [0.15, 0.2) is 36.7 Å². The zero-order valence-corrected chi connectivity index (χ0v) is 9.55. The van der Waals surface area contributed by atoms with Crippen molar-refractivity contribution in [1.82, 2.24) is 4.98 Å². The Bertz CT molecular complexity index is 509. The number of esters is 1. The predicted molar refractivity (Wildman–Crippen MR) is 62.2 cm³/mol. The molecule has 0 unspecified atom stereocenters. The highest BCUT2D eigenvalue weighted by Crippen LogP contribution is 2.28. The Morgan fingerprint density at radius 1 is 1.25 bits per heavy atom. The summed E-state index contributed by atoms with van der Waals surface area (Å²) >= 11 is 11.6. The average Bonchev–Trinajstić information content (AvgIpc) is 2.75. The zero-order valence-electron chi connectivity index (χ0n) is 8.04. The maximum atomic E-state index is 11.6. The van der Waals surface area contributed by atoms with Crippen LogP contribution in [-0.2, 0) is 0 Å². The van der Waals surface area contributed by atoms with E-state index in [1.165, 1.54) is 6.07 Å². The van der Waals surface area contributed by atoms with Gasteiger partial charge in [-0.3, -0.25) is 0 Å². The summed E-state index contributed by atoms with van der Waals surface area (Å²) in [6, 6.07) is 6.29. The lowest BCUT2D eigenvalue weighted by Crippen LogP contribution is -2.07. The first kappa shape index (κ1) is 11.0. The second-order valence-electron chi connectivity index (χ2n) is 3.06. The minimum Gasteiger partial charge on any atom is -0.421 e. The molecule has 1 N–H and O–H groups in total. The third-order valence-electron chi connectivity index (χ3n) is 1.93. The molecule has 2 rings (SSSR count). The van der Waals surface area contributed by atoms with Crippen LogP contribution < -0.4 is 4.74 Å². The molecule has 0 fully saturated rings. The summed E-state index contributed by atoms with van der Waals surface area (Å²) in [6.45, 7) is 0. The summed E-state index contributed by atoms with van der Waals surface area (Å²) in [4.78, 5) is 14.3. The van der Waals surface area contributed by atoms with Gasteiger partial charge in [-0.25, -0.2) is 4.79 Å². The Hall–Kier alpha value is -1.45. The van der Waals surface area contributed by atoms with E-state index in [4.69, 9.17) is 27.9 Å². The summed E-state index contributed by atoms with van der Waals surface area (Å²) in [5, 5.41) is 0.794. The van der Waals surface area contributed by atoms with Gasteiger partial charge in [0.25, 0.3) is 0 Å². The van der Waals surface area contributed by atoms with Crippen molar-refractivity contribution >= 4 is 29.2 Å². The van der Waals surface area contributed by atoms with E-state index in [-0.39, 0.29) is 5.75 Å². The first-order chi connectivity index (χ1) is 7.66. The van der Waals surface area contributed by atoms with Crippen molar-refractivity contribution in [1.29, 1.82) is 0 Å². The van der Waals surface area contributed by atoms with Gasteiger partial charge in [0.15, 0.2) is 0 Å². The Labute approximate surface area is 102 Å². The van der Waals surface area contributed by atoms with Crippen molar-refractivity contribution in [3.63, 3.8) is 0 Å². The molecule has 0 atom stereocenters. The van der Waals surface area contributed by atoms with Crippen molar-refractivity contribution in [2.75, 3.05) is 0 Å². The maximum absolute atomic E-state index is 11.6. The van der Waals surface area contributed by atoms with Crippen LogP contribution in [-0.4, -0.2) is 11.0 Å². The van der Waals surface area contributed by atoms with E-state index in [2.05, 4.69) is 4.98 Å². The van der Waals surface area contributed by atoms with Crippen molar-refractivity contribution in [3.8, 4) is 5.75 Å². The fourth-order valence-corrected chi connectivity index (χ4v) is 1.61. The third-order valence-corrected chi connectivity index (χ3v) is 2.46. The van der Waals surface area contributed by atoms with Crippen LogP contribution in [0, 0.1) is 0 Å². The Kier molecular flexibility index (Phi) is 3.17. The number of benzene rings is 1. The largest absolute Gasteiger partial charge is 0.421 e. The summed E-state index contributed by atoms with van der Waals surface area (Å²) in [5.74, 6) is -0.178. The van der Waals surface area contributed by atoms with Crippen LogP contribution in [0.5, 0.6) is 5.75 Å². The molecule has 0 saturated carbocycles. The van der Waals surface area contributed by atoms with Gasteiger partial charge in [0.2, 0.25) is 0 Å². The summed E-state index contributed by atoms with van der Waals surface area (Å²) < 4.78 is 5.10. The molecule has 1 heterocycles. The summed E-state index contributed by atoms with van der Waals surface area (Å²) in [6.07, 6.45) is 3.19. The van der Waals surface area contributed by atoms with Gasteiger partial charge >= 0.3 is 5.97 Å². The number of ether oxygens (including phenoxy) is 1. The number of H-pyrrole nitrogens is 1. The van der Waals surface area contributed by atoms with E-state index >= 15 is 0 Å². The molecular weight excluding hydrogens is 249 g/mol. The van der Waals surface area contributed by atoms with Gasteiger partial charge in [0.1, 0.15) is 5.75 Å². The number of carbonyl (C=O) groups excluding carboxylic acids is 1. The lowest BCUT2D eigenvalue weighted by atomic mass is 10.3. The number of rotatable bonds is 2. The van der Waals surface area contributed by atoms with Gasteiger partial charge in [-0.2, -0.15) is 0 Å². The SMILES string of the molecule is O=C(Oc1ccc(Cl)cc1Cl)c1cc[nH]c1. The van der Waals surface area contributed by atoms with E-state index in [1.54, 1.807) is 30.6 Å². The second-order valence-corrected chi connectivity index (χ2v) is 3.91. The molecule has 3 nitrogen and oxygen atoms in total. The molecule has 82 valence electrons. The Balaban J connectivity index is 2.18. The number of hydrogen-bond donors (Lipinski definition) is 1. The van der Waals surface area contributed by atoms with E-state index in [0.717, 1.165) is 0 Å². The minimum atomic E-state index is -0.467. The average molecular weight is 256 g/mol. The standard InChI is InChI=1S/C11H7Cl2NO2/c12-8-1-2-10(9(13)5-8)16-11(15)7-3-4-14-6-7/h1-6,14H. The number of nitrogens with one attached hydrogen (secondary N) is 1. The summed E-state index contributed by atoms with van der Waals surface area (Å²) in [7, 11) is 0. The molecule has 0 saturated heterocycles. The molecule has 1 aromatic carbocycles. The molecule has 2 aromatic rings. The van der Waals surface area contributed by atoms with Gasteiger partial charge < -0.3 is 9.72 Å². The van der Waals surface area contributed by atoms with Crippen LogP contribution in [0.2, 0.25) is 10.0 Å². The van der Waals surface area contributed by atoms with Crippen molar-refractivity contribution in [3.05, 3.63) is 52.3 Å². The van der Waals surface area contributed by atoms with Gasteiger partial charge in [-0.05, 0) is 24.3 Å². The molecule has 0 radical (unpaired) electrons. The maximum Gasteiger partial charge on any atom is 0.345 e. The number of hydrogen-bond acceptors (Lipinski definition) is 2. The van der Waals surface area contributed by atoms with Crippen LogP contribution in [0.3, 0.4) is 0 Å². The second kappa shape index (κ2) is 4.60. The normalized spacial score (nSPS) is 10.1. The highest BCUT2D eigenvalue weighted by molar-refractivity contribution is 6.35. The van der Waals surface area contributed by atoms with Crippen molar-refractivity contribution < 1.29 is 9.53 Å². The molecule has 0 aliphatic carbocycles. The highest BCUT2D eigenvalue weighted by Gasteiger charge is 2.11. The molecule has 0 aliphatic rings. The quantitative estimate of drug-likeness (QED) is 0.659. The van der Waals surface area contributed by atoms with Gasteiger partial charge in [0, 0.05) is 17.4 Å². The van der Waals surface area contributed by atoms with Crippen LogP contribution in [0.1, 0.15) is 10.4 Å². The molecule has 0 amide bonds. The fourth-order valence-electron chi connectivity index (χ4n) is 1.17. The Morgan fingerprint density at radius 3 is 2.69 bits per heavy atom. The number of carbonyl (C=O) groups is 1. The molecule has 1 aromatic heterocycles. The van der Waals surface area contributed by atoms with Crippen LogP contribution >= 0.6 is 23.2 Å². The molecule has 5 heteroatoms. The first-order valence-corrected chi connectivity index (χ1v) is 5.22. The lowest BCUT2D eigenvalue weighted by molar-refractivity contribution is 0.0735. The van der Waals surface area contributed by atoms with Gasteiger partial charge in [0.05, 0.1) is 10.6 Å². The van der Waals surface area contributed by atoms with Crippen molar-refractivity contribution in [2.24, 2.45) is 0 Å². The summed E-state index contributed by atoms with van der Waals surface area (Å²) in [5.41, 5.74) is 0.436. The number of aromatic amines is 1. The molecular formula is C11H7Cl2NO2. The smallest absolute Gasteiger partial charge is 0.345 e. The highest BCUT2D eigenvalue weighted by atomic mass is 35.5. The molecule has 0 spiro atoms. The van der Waals surface area contributed by atoms with Crippen molar-refractivity contribution in [2.45, 2.75) is 0 Å². The topological polar surface area (TPSA) is 42.1 Å². The van der Waals surface area contributed by atoms with E-state index in [1.807, 2.05) is 0 Å². The van der Waals surface area contributed by atoms with E-state index in [9.17, 15) is 4.79 Å². The predicted octanol–water partition coefficient (Wildman–Crippen LogP) is 3.54. The van der Waals surface area contributed by atoms with Crippen LogP contribution in [0.25, 0.3) is 0 Å². The van der Waals surface area contributed by atoms with Crippen LogP contribution in [0.4, 0.5) is 0 Å². The van der Waals surface area contributed by atoms with E-state index < -0.39 is 5.97 Å². The zero-order chi connectivity index (χ0) is 11.5. The molecule has 0 bridgehead atoms. The molecule has 0 aliphatic heterocycles. The van der Waals surface area contributed by atoms with Gasteiger partial charge in [-0.1, -0.05) is 23.2 Å². The molecule has 16 heavy (non-hydrogen) atoms. The van der Waals surface area contributed by atoms with E-state index in [0.29, 0.717) is 15.6 Å². The third kappa shape index (κ3) is 2.38. The number of aromatic nitrogens is 1. The number of halogens is 2.